The maximum absolute atomic E-state index is 10.8. The molecule has 0 aliphatic heterocycles. The van der Waals surface area contributed by atoms with Crippen molar-refractivity contribution in [3.05, 3.63) is 12.2 Å². The lowest BCUT2D eigenvalue weighted by Gasteiger charge is -2.45. The zero-order valence-corrected chi connectivity index (χ0v) is 12.2. The van der Waals surface area contributed by atoms with Crippen LogP contribution in [0.25, 0.3) is 0 Å². The second-order valence-electron chi connectivity index (χ2n) is 6.34. The summed E-state index contributed by atoms with van der Waals surface area (Å²) in [6.07, 6.45) is 1.58. The number of aliphatic hydroxyl groups is 1. The highest BCUT2D eigenvalue weighted by Gasteiger charge is 2.42. The third-order valence-electron chi connectivity index (χ3n) is 3.74. The summed E-state index contributed by atoms with van der Waals surface area (Å²) in [4.78, 5) is 0. The molecule has 1 heteroatoms. The summed E-state index contributed by atoms with van der Waals surface area (Å²) in [5, 5.41) is 10.8. The lowest BCUT2D eigenvalue weighted by Crippen LogP contribution is -2.45. The third-order valence-corrected chi connectivity index (χ3v) is 3.74. The minimum atomic E-state index is -0.612. The van der Waals surface area contributed by atoms with Gasteiger partial charge in [-0.25, -0.2) is 0 Å². The molecule has 0 aliphatic rings. The SMILES string of the molecule is C=C(C(C)C)C(C(C)(C)C)C(O)(CC)CC. The second-order valence-corrected chi connectivity index (χ2v) is 6.34. The van der Waals surface area contributed by atoms with Crippen molar-refractivity contribution in [1.82, 2.24) is 0 Å². The summed E-state index contributed by atoms with van der Waals surface area (Å²) in [6, 6.07) is 0. The van der Waals surface area contributed by atoms with Gasteiger partial charge in [-0.1, -0.05) is 60.6 Å². The average molecular weight is 226 g/mol. The predicted octanol–water partition coefficient (Wildman–Crippen LogP) is 4.41. The van der Waals surface area contributed by atoms with Crippen LogP contribution in [0.3, 0.4) is 0 Å². The molecular formula is C15H30O. The van der Waals surface area contributed by atoms with Crippen molar-refractivity contribution in [3.63, 3.8) is 0 Å². The first-order valence-corrected chi connectivity index (χ1v) is 6.51. The second kappa shape index (κ2) is 5.35. The van der Waals surface area contributed by atoms with Crippen molar-refractivity contribution in [1.29, 1.82) is 0 Å². The van der Waals surface area contributed by atoms with E-state index in [9.17, 15) is 5.11 Å². The Kier molecular flexibility index (Phi) is 5.25. The minimum Gasteiger partial charge on any atom is -0.389 e. The number of hydrogen-bond acceptors (Lipinski definition) is 1. The van der Waals surface area contributed by atoms with Gasteiger partial charge >= 0.3 is 0 Å². The maximum atomic E-state index is 10.8. The van der Waals surface area contributed by atoms with Crippen LogP contribution >= 0.6 is 0 Å². The van der Waals surface area contributed by atoms with Gasteiger partial charge in [0.05, 0.1) is 5.60 Å². The van der Waals surface area contributed by atoms with Gasteiger partial charge in [0.25, 0.3) is 0 Å². The monoisotopic (exact) mass is 226 g/mol. The molecule has 0 aromatic heterocycles. The quantitative estimate of drug-likeness (QED) is 0.688. The topological polar surface area (TPSA) is 20.2 Å². The van der Waals surface area contributed by atoms with Crippen LogP contribution in [0, 0.1) is 17.3 Å². The first-order chi connectivity index (χ1) is 7.10. The Labute approximate surface area is 102 Å². The van der Waals surface area contributed by atoms with Crippen molar-refractivity contribution in [3.8, 4) is 0 Å². The van der Waals surface area contributed by atoms with Gasteiger partial charge in [0.1, 0.15) is 0 Å². The molecule has 1 N–H and O–H groups in total. The van der Waals surface area contributed by atoms with Crippen LogP contribution in [-0.2, 0) is 0 Å². The van der Waals surface area contributed by atoms with E-state index in [0.717, 1.165) is 12.8 Å². The average Bonchev–Trinajstić information content (AvgIpc) is 2.15. The Morgan fingerprint density at radius 2 is 1.50 bits per heavy atom. The molecular weight excluding hydrogens is 196 g/mol. The number of hydrogen-bond donors (Lipinski definition) is 1. The molecule has 0 radical (unpaired) electrons. The van der Waals surface area contributed by atoms with Crippen LogP contribution in [0.1, 0.15) is 61.3 Å². The first kappa shape index (κ1) is 15.7. The zero-order valence-electron chi connectivity index (χ0n) is 12.2. The molecule has 96 valence electrons. The fraction of sp³-hybridized carbons (Fsp3) is 0.867. The van der Waals surface area contributed by atoms with E-state index in [4.69, 9.17) is 0 Å². The van der Waals surface area contributed by atoms with Crippen LogP contribution in [-0.4, -0.2) is 10.7 Å². The summed E-state index contributed by atoms with van der Waals surface area (Å²) >= 11 is 0. The molecule has 1 unspecified atom stereocenters. The molecule has 0 aliphatic carbocycles. The van der Waals surface area contributed by atoms with E-state index >= 15 is 0 Å². The first-order valence-electron chi connectivity index (χ1n) is 6.51. The third kappa shape index (κ3) is 3.35. The molecule has 16 heavy (non-hydrogen) atoms. The van der Waals surface area contributed by atoms with Gasteiger partial charge in [-0.2, -0.15) is 0 Å². The molecule has 1 atom stereocenters. The molecule has 0 aromatic rings. The zero-order chi connectivity index (χ0) is 13.1. The van der Waals surface area contributed by atoms with E-state index in [0.29, 0.717) is 5.92 Å². The van der Waals surface area contributed by atoms with Crippen LogP contribution in [0.2, 0.25) is 0 Å². The molecule has 0 spiro atoms. The smallest absolute Gasteiger partial charge is 0.0712 e. The van der Waals surface area contributed by atoms with Crippen molar-refractivity contribution < 1.29 is 5.11 Å². The maximum Gasteiger partial charge on any atom is 0.0712 e. The van der Waals surface area contributed by atoms with Gasteiger partial charge in [-0.05, 0) is 24.2 Å². The Balaban J connectivity index is 5.34. The van der Waals surface area contributed by atoms with E-state index < -0.39 is 5.60 Å². The fourth-order valence-electron chi connectivity index (χ4n) is 2.70. The summed E-state index contributed by atoms with van der Waals surface area (Å²) in [6.45, 7) is 19.3. The van der Waals surface area contributed by atoms with Gasteiger partial charge in [0.2, 0.25) is 0 Å². The molecule has 0 aromatic carbocycles. The molecule has 0 saturated carbocycles. The molecule has 0 fully saturated rings. The van der Waals surface area contributed by atoms with Crippen LogP contribution in [0.5, 0.6) is 0 Å². The predicted molar refractivity (Wildman–Crippen MR) is 72.5 cm³/mol. The van der Waals surface area contributed by atoms with Crippen molar-refractivity contribution in [2.75, 3.05) is 0 Å². The van der Waals surface area contributed by atoms with Crippen LogP contribution in [0.4, 0.5) is 0 Å². The largest absolute Gasteiger partial charge is 0.389 e. The van der Waals surface area contributed by atoms with Crippen molar-refractivity contribution in [2.45, 2.75) is 66.9 Å². The highest BCUT2D eigenvalue weighted by atomic mass is 16.3. The lowest BCUT2D eigenvalue weighted by molar-refractivity contribution is -0.0539. The van der Waals surface area contributed by atoms with E-state index in [-0.39, 0.29) is 11.3 Å². The Hall–Kier alpha value is -0.300. The number of rotatable bonds is 5. The molecule has 0 bridgehead atoms. The van der Waals surface area contributed by atoms with Crippen LogP contribution < -0.4 is 0 Å². The van der Waals surface area contributed by atoms with E-state index in [1.807, 2.05) is 0 Å². The summed E-state index contributed by atoms with van der Waals surface area (Å²) in [5.41, 5.74) is 0.626. The summed E-state index contributed by atoms with van der Waals surface area (Å²) in [5.74, 6) is 0.587. The van der Waals surface area contributed by atoms with Gasteiger partial charge in [-0.3, -0.25) is 0 Å². The lowest BCUT2D eigenvalue weighted by atomic mass is 9.63. The highest BCUT2D eigenvalue weighted by molar-refractivity contribution is 5.14. The van der Waals surface area contributed by atoms with Gasteiger partial charge < -0.3 is 5.11 Å². The molecule has 0 amide bonds. The van der Waals surface area contributed by atoms with E-state index in [1.165, 1.54) is 5.57 Å². The molecule has 0 rings (SSSR count). The van der Waals surface area contributed by atoms with Crippen molar-refractivity contribution >= 4 is 0 Å². The molecule has 0 saturated heterocycles. The highest BCUT2D eigenvalue weighted by Crippen LogP contribution is 2.44. The normalized spacial score (nSPS) is 15.3. The van der Waals surface area contributed by atoms with Crippen molar-refractivity contribution in [2.24, 2.45) is 17.3 Å². The van der Waals surface area contributed by atoms with E-state index in [2.05, 4.69) is 55.0 Å². The summed E-state index contributed by atoms with van der Waals surface area (Å²) < 4.78 is 0. The van der Waals surface area contributed by atoms with Crippen LogP contribution in [0.15, 0.2) is 12.2 Å². The van der Waals surface area contributed by atoms with E-state index in [1.54, 1.807) is 0 Å². The van der Waals surface area contributed by atoms with Gasteiger partial charge in [0, 0.05) is 5.92 Å². The molecule has 1 nitrogen and oxygen atoms in total. The van der Waals surface area contributed by atoms with Gasteiger partial charge in [0.15, 0.2) is 0 Å². The standard InChI is InChI=1S/C15H30O/c1-9-15(16,10-2)13(14(6,7)8)12(5)11(3)4/h11,13,16H,5,9-10H2,1-4,6-8H3. The molecule has 0 heterocycles. The Morgan fingerprint density at radius 3 is 1.69 bits per heavy atom. The fourth-order valence-corrected chi connectivity index (χ4v) is 2.70. The minimum absolute atomic E-state index is 0.0577. The van der Waals surface area contributed by atoms with Gasteiger partial charge in [-0.15, -0.1) is 0 Å². The Morgan fingerprint density at radius 1 is 1.12 bits per heavy atom. The summed E-state index contributed by atoms with van der Waals surface area (Å²) in [7, 11) is 0. The Bertz CT molecular complexity index is 228.